The Morgan fingerprint density at radius 1 is 1.21 bits per heavy atom. The van der Waals surface area contributed by atoms with E-state index < -0.39 is 12.0 Å². The highest BCUT2D eigenvalue weighted by molar-refractivity contribution is 5.85. The molecule has 1 amide bonds. The zero-order valence-electron chi connectivity index (χ0n) is 9.16. The van der Waals surface area contributed by atoms with Crippen LogP contribution in [0.15, 0.2) is 0 Å². The molecule has 0 aliphatic heterocycles. The molecule has 0 aromatic heterocycles. The number of amides is 1. The van der Waals surface area contributed by atoms with Crippen LogP contribution in [0.3, 0.4) is 0 Å². The zero-order valence-corrected chi connectivity index (χ0v) is 9.16. The molecule has 1 N–H and O–H groups in total. The van der Waals surface area contributed by atoms with Gasteiger partial charge in [0, 0.05) is 5.92 Å². The third-order valence-corrected chi connectivity index (χ3v) is 1.88. The summed E-state index contributed by atoms with van der Waals surface area (Å²) in [4.78, 5) is 22.6. The van der Waals surface area contributed by atoms with Crippen molar-refractivity contribution in [3.63, 3.8) is 0 Å². The van der Waals surface area contributed by atoms with Crippen molar-refractivity contribution in [2.24, 2.45) is 11.8 Å². The molecule has 4 heteroatoms. The van der Waals surface area contributed by atoms with Crippen LogP contribution in [-0.4, -0.2) is 17.9 Å². The summed E-state index contributed by atoms with van der Waals surface area (Å²) in [7, 11) is 3.04. The van der Waals surface area contributed by atoms with Crippen molar-refractivity contribution in [1.82, 2.24) is 5.32 Å². The molecule has 0 spiro atoms. The van der Waals surface area contributed by atoms with Gasteiger partial charge in [-0.25, -0.2) is 4.79 Å². The van der Waals surface area contributed by atoms with Gasteiger partial charge >= 0.3 is 5.97 Å². The second-order valence-corrected chi connectivity index (χ2v) is 3.85. The van der Waals surface area contributed by atoms with Crippen LogP contribution in [0.1, 0.15) is 27.7 Å². The molecule has 0 rings (SSSR count). The summed E-state index contributed by atoms with van der Waals surface area (Å²) >= 11 is 0. The Bertz CT molecular complexity index is 211. The van der Waals surface area contributed by atoms with Crippen LogP contribution in [-0.2, 0) is 14.3 Å². The molecule has 0 saturated heterocycles. The predicted octanol–water partition coefficient (Wildman–Crippen LogP) is 1.12. The average molecular weight is 200 g/mol. The number of carbonyl (C=O) groups excluding carboxylic acids is 2. The van der Waals surface area contributed by atoms with Gasteiger partial charge in [-0.3, -0.25) is 4.79 Å². The van der Waals surface area contributed by atoms with Gasteiger partial charge in [0.1, 0.15) is 13.2 Å². The molecule has 0 fully saturated rings. The van der Waals surface area contributed by atoms with Crippen molar-refractivity contribution in [3.8, 4) is 0 Å². The van der Waals surface area contributed by atoms with Crippen molar-refractivity contribution in [2.75, 3.05) is 0 Å². The summed E-state index contributed by atoms with van der Waals surface area (Å²) in [6.07, 6.45) is 0. The minimum Gasteiger partial charge on any atom is -0.461 e. The molecular weight excluding hydrogens is 182 g/mol. The summed E-state index contributed by atoms with van der Waals surface area (Å²) in [6.45, 7) is 7.20. The monoisotopic (exact) mass is 200 g/mol. The van der Waals surface area contributed by atoms with E-state index >= 15 is 0 Å². The van der Waals surface area contributed by atoms with E-state index in [-0.39, 0.29) is 17.7 Å². The summed E-state index contributed by atoms with van der Waals surface area (Å²) in [5.74, 6) is -0.816. The van der Waals surface area contributed by atoms with Gasteiger partial charge in [0.2, 0.25) is 5.91 Å². The molecule has 1 atom stereocenters. The van der Waals surface area contributed by atoms with Crippen molar-refractivity contribution in [1.29, 1.82) is 0 Å². The van der Waals surface area contributed by atoms with E-state index in [2.05, 4.69) is 17.2 Å². The van der Waals surface area contributed by atoms with Crippen LogP contribution in [0.25, 0.3) is 0 Å². The molecule has 81 valence electrons. The van der Waals surface area contributed by atoms with Crippen LogP contribution in [0.2, 0.25) is 0 Å². The summed E-state index contributed by atoms with van der Waals surface area (Å²) < 4.78 is 4.35. The normalized spacial score (nSPS) is 12.8. The first-order valence-corrected chi connectivity index (χ1v) is 4.66. The number of rotatable bonds is 4. The molecule has 14 heavy (non-hydrogen) atoms. The van der Waals surface area contributed by atoms with Gasteiger partial charge < -0.3 is 10.1 Å². The Morgan fingerprint density at radius 3 is 2.00 bits per heavy atom. The summed E-state index contributed by atoms with van der Waals surface area (Å²) in [5.41, 5.74) is 0. The third kappa shape index (κ3) is 3.77. The van der Waals surface area contributed by atoms with Crippen LogP contribution in [0, 0.1) is 18.9 Å². The first-order valence-electron chi connectivity index (χ1n) is 4.66. The molecule has 4 nitrogen and oxygen atoms in total. The van der Waals surface area contributed by atoms with Gasteiger partial charge in [-0.05, 0) is 5.92 Å². The van der Waals surface area contributed by atoms with Gasteiger partial charge in [0.05, 0.1) is 0 Å². The van der Waals surface area contributed by atoms with Gasteiger partial charge in [0.25, 0.3) is 0 Å². The Hall–Kier alpha value is -1.06. The SMILES string of the molecule is [CH2]OC(=O)[C@@H](NC(=O)C(C)C)C(C)C. The van der Waals surface area contributed by atoms with Gasteiger partial charge in [-0.15, -0.1) is 0 Å². The fourth-order valence-electron chi connectivity index (χ4n) is 0.907. The Morgan fingerprint density at radius 2 is 1.71 bits per heavy atom. The van der Waals surface area contributed by atoms with Gasteiger partial charge in [-0.2, -0.15) is 0 Å². The standard InChI is InChI=1S/C10H18NO3/c1-6(2)8(10(13)14-5)11-9(12)7(3)4/h6-8H,5H2,1-4H3,(H,11,12)/t8-/m0/s1. The van der Waals surface area contributed by atoms with E-state index in [1.165, 1.54) is 0 Å². The zero-order chi connectivity index (χ0) is 11.3. The molecule has 0 bridgehead atoms. The highest BCUT2D eigenvalue weighted by atomic mass is 16.5. The molecule has 1 radical (unpaired) electrons. The second kappa shape index (κ2) is 5.62. The second-order valence-electron chi connectivity index (χ2n) is 3.85. The largest absolute Gasteiger partial charge is 0.461 e. The van der Waals surface area contributed by atoms with Crippen molar-refractivity contribution in [3.05, 3.63) is 7.11 Å². The first-order chi connectivity index (χ1) is 6.40. The third-order valence-electron chi connectivity index (χ3n) is 1.88. The van der Waals surface area contributed by atoms with E-state index in [1.54, 1.807) is 13.8 Å². The van der Waals surface area contributed by atoms with Crippen molar-refractivity contribution >= 4 is 11.9 Å². The molecule has 0 saturated carbocycles. The molecule has 0 heterocycles. The van der Waals surface area contributed by atoms with E-state index in [9.17, 15) is 9.59 Å². The van der Waals surface area contributed by atoms with Crippen LogP contribution < -0.4 is 5.32 Å². The lowest BCUT2D eigenvalue weighted by molar-refractivity contribution is -0.144. The maximum atomic E-state index is 11.3. The number of nitrogens with one attached hydrogen (secondary N) is 1. The maximum Gasteiger partial charge on any atom is 0.329 e. The maximum absolute atomic E-state index is 11.3. The van der Waals surface area contributed by atoms with E-state index in [4.69, 9.17) is 0 Å². The highest BCUT2D eigenvalue weighted by Crippen LogP contribution is 2.05. The lowest BCUT2D eigenvalue weighted by atomic mass is 10.0. The molecule has 0 aliphatic rings. The number of carbonyl (C=O) groups is 2. The van der Waals surface area contributed by atoms with E-state index in [0.717, 1.165) is 0 Å². The predicted molar refractivity (Wildman–Crippen MR) is 53.1 cm³/mol. The minimum atomic E-state index is -0.609. The van der Waals surface area contributed by atoms with E-state index in [0.29, 0.717) is 0 Å². The van der Waals surface area contributed by atoms with Crippen LogP contribution in [0.5, 0.6) is 0 Å². The topological polar surface area (TPSA) is 55.4 Å². The highest BCUT2D eigenvalue weighted by Gasteiger charge is 2.25. The Labute approximate surface area is 85.0 Å². The quantitative estimate of drug-likeness (QED) is 0.692. The fraction of sp³-hybridized carbons (Fsp3) is 0.700. The molecular formula is C10H18NO3. The Kier molecular flexibility index (Phi) is 5.20. The summed E-state index contributed by atoms with van der Waals surface area (Å²) in [6, 6.07) is -0.609. The van der Waals surface area contributed by atoms with Crippen molar-refractivity contribution < 1.29 is 14.3 Å². The lowest BCUT2D eigenvalue weighted by Crippen LogP contribution is -2.46. The van der Waals surface area contributed by atoms with E-state index in [1.807, 2.05) is 13.8 Å². The minimum absolute atomic E-state index is 0.00745. The molecule has 0 aromatic rings. The molecule has 0 aromatic carbocycles. The van der Waals surface area contributed by atoms with Crippen LogP contribution >= 0.6 is 0 Å². The molecule has 0 unspecified atom stereocenters. The van der Waals surface area contributed by atoms with Gasteiger partial charge in [0.15, 0.2) is 0 Å². The smallest absolute Gasteiger partial charge is 0.329 e. The number of hydrogen-bond donors (Lipinski definition) is 1. The van der Waals surface area contributed by atoms with Gasteiger partial charge in [-0.1, -0.05) is 27.7 Å². The van der Waals surface area contributed by atoms with Crippen LogP contribution in [0.4, 0.5) is 0 Å². The Balaban J connectivity index is 4.38. The number of hydrogen-bond acceptors (Lipinski definition) is 3. The lowest BCUT2D eigenvalue weighted by Gasteiger charge is -2.20. The molecule has 0 aliphatic carbocycles. The number of esters is 1. The average Bonchev–Trinajstić information content (AvgIpc) is 2.11. The fourth-order valence-corrected chi connectivity index (χ4v) is 0.907. The first kappa shape index (κ1) is 12.9. The number of ether oxygens (including phenoxy) is 1. The summed E-state index contributed by atoms with van der Waals surface area (Å²) in [5, 5.41) is 2.61. The van der Waals surface area contributed by atoms with Crippen molar-refractivity contribution in [2.45, 2.75) is 33.7 Å².